The van der Waals surface area contributed by atoms with Crippen LogP contribution < -0.4 is 0 Å². The number of ether oxygens (including phenoxy) is 1. The highest BCUT2D eigenvalue weighted by Gasteiger charge is 2.35. The molecule has 5 heteroatoms. The van der Waals surface area contributed by atoms with Crippen LogP contribution >= 0.6 is 0 Å². The summed E-state index contributed by atoms with van der Waals surface area (Å²) in [6, 6.07) is 0.327. The molecule has 2 saturated heterocycles. The number of esters is 2. The van der Waals surface area contributed by atoms with Gasteiger partial charge in [0, 0.05) is 12.6 Å². The molecule has 2 unspecified atom stereocenters. The van der Waals surface area contributed by atoms with Crippen molar-refractivity contribution < 1.29 is 14.3 Å². The molecule has 2 aliphatic rings. The van der Waals surface area contributed by atoms with Crippen LogP contribution in [-0.4, -0.2) is 61.0 Å². The lowest BCUT2D eigenvalue weighted by Crippen LogP contribution is -2.54. The van der Waals surface area contributed by atoms with Gasteiger partial charge in [-0.15, -0.1) is 0 Å². The first kappa shape index (κ1) is 11.5. The first-order chi connectivity index (χ1) is 7.56. The van der Waals surface area contributed by atoms with E-state index < -0.39 is 11.9 Å². The van der Waals surface area contributed by atoms with E-state index in [2.05, 4.69) is 23.6 Å². The van der Waals surface area contributed by atoms with Gasteiger partial charge in [0.1, 0.15) is 0 Å². The number of piperidine rings is 1. The highest BCUT2D eigenvalue weighted by Crippen LogP contribution is 2.22. The average molecular weight is 226 g/mol. The number of carbonyl (C=O) groups is 2. The molecule has 0 spiro atoms. The standard InChI is InChI=1S/C11H18N2O3/c1-8-5-12(2)4-3-9(8)13-6-10(14)16-11(15)7-13/h8-9H,3-7H2,1-2H3. The van der Waals surface area contributed by atoms with Crippen molar-refractivity contribution in [3.63, 3.8) is 0 Å². The van der Waals surface area contributed by atoms with Gasteiger partial charge in [-0.25, -0.2) is 0 Å². The molecule has 0 amide bonds. The predicted molar refractivity (Wildman–Crippen MR) is 57.7 cm³/mol. The molecule has 5 nitrogen and oxygen atoms in total. The second-order valence-corrected chi connectivity index (χ2v) is 4.85. The highest BCUT2D eigenvalue weighted by atomic mass is 16.6. The highest BCUT2D eigenvalue weighted by molar-refractivity contribution is 5.90. The molecular formula is C11H18N2O3. The van der Waals surface area contributed by atoms with E-state index in [1.165, 1.54) is 0 Å². The van der Waals surface area contributed by atoms with Crippen molar-refractivity contribution in [2.45, 2.75) is 19.4 Å². The number of cyclic esters (lactones) is 2. The lowest BCUT2D eigenvalue weighted by atomic mass is 9.92. The lowest BCUT2D eigenvalue weighted by molar-refractivity contribution is -0.169. The van der Waals surface area contributed by atoms with Gasteiger partial charge in [0.15, 0.2) is 0 Å². The minimum absolute atomic E-state index is 0.254. The molecule has 2 rings (SSSR count). The second-order valence-electron chi connectivity index (χ2n) is 4.85. The van der Waals surface area contributed by atoms with Gasteiger partial charge in [0.25, 0.3) is 0 Å². The van der Waals surface area contributed by atoms with Crippen LogP contribution in [0.1, 0.15) is 13.3 Å². The van der Waals surface area contributed by atoms with Gasteiger partial charge >= 0.3 is 11.9 Å². The minimum atomic E-state index is -0.414. The normalized spacial score (nSPS) is 33.9. The number of carbonyl (C=O) groups excluding carboxylic acids is 2. The smallest absolute Gasteiger partial charge is 0.327 e. The van der Waals surface area contributed by atoms with E-state index >= 15 is 0 Å². The summed E-state index contributed by atoms with van der Waals surface area (Å²) in [6.45, 7) is 4.72. The molecule has 90 valence electrons. The summed E-state index contributed by atoms with van der Waals surface area (Å²) in [6.07, 6.45) is 1.01. The molecular weight excluding hydrogens is 208 g/mol. The van der Waals surface area contributed by atoms with Crippen molar-refractivity contribution in [1.82, 2.24) is 9.80 Å². The van der Waals surface area contributed by atoms with Crippen molar-refractivity contribution in [2.75, 3.05) is 33.2 Å². The van der Waals surface area contributed by atoms with Crippen LogP contribution in [0.5, 0.6) is 0 Å². The fourth-order valence-electron chi connectivity index (χ4n) is 2.70. The zero-order chi connectivity index (χ0) is 11.7. The topological polar surface area (TPSA) is 49.9 Å². The number of likely N-dealkylation sites (tertiary alicyclic amines) is 1. The van der Waals surface area contributed by atoms with E-state index in [-0.39, 0.29) is 13.1 Å². The van der Waals surface area contributed by atoms with Crippen molar-refractivity contribution in [2.24, 2.45) is 5.92 Å². The Balaban J connectivity index is 2.01. The van der Waals surface area contributed by atoms with Gasteiger partial charge in [0.05, 0.1) is 13.1 Å². The zero-order valence-corrected chi connectivity index (χ0v) is 9.81. The molecule has 2 aliphatic heterocycles. The molecule has 0 aromatic carbocycles. The lowest BCUT2D eigenvalue weighted by Gasteiger charge is -2.41. The molecule has 0 aliphatic carbocycles. The maximum Gasteiger partial charge on any atom is 0.327 e. The molecule has 2 heterocycles. The van der Waals surface area contributed by atoms with Gasteiger partial charge in [-0.3, -0.25) is 14.5 Å². The number of rotatable bonds is 1. The summed E-state index contributed by atoms with van der Waals surface area (Å²) in [7, 11) is 2.10. The summed E-state index contributed by atoms with van der Waals surface area (Å²) in [5, 5.41) is 0. The molecule has 0 aromatic heterocycles. The Morgan fingerprint density at radius 1 is 1.25 bits per heavy atom. The maximum atomic E-state index is 11.2. The molecule has 0 bridgehead atoms. The van der Waals surface area contributed by atoms with Gasteiger partial charge in [-0.05, 0) is 25.9 Å². The Morgan fingerprint density at radius 2 is 1.88 bits per heavy atom. The summed E-state index contributed by atoms with van der Waals surface area (Å²) in [5.74, 6) is -0.345. The van der Waals surface area contributed by atoms with Crippen molar-refractivity contribution in [3.8, 4) is 0 Å². The van der Waals surface area contributed by atoms with Crippen LogP contribution in [0.15, 0.2) is 0 Å². The minimum Gasteiger partial charge on any atom is -0.391 e. The molecule has 2 atom stereocenters. The van der Waals surface area contributed by atoms with Crippen LogP contribution in [0.4, 0.5) is 0 Å². The SMILES string of the molecule is CC1CN(C)CCC1N1CC(=O)OC(=O)C1. The summed E-state index contributed by atoms with van der Waals surface area (Å²) in [5.41, 5.74) is 0. The van der Waals surface area contributed by atoms with Gasteiger partial charge < -0.3 is 9.64 Å². The van der Waals surface area contributed by atoms with Crippen LogP contribution in [0, 0.1) is 5.92 Å². The molecule has 2 fully saturated rings. The van der Waals surface area contributed by atoms with E-state index in [1.54, 1.807) is 0 Å². The van der Waals surface area contributed by atoms with Crippen LogP contribution in [0.2, 0.25) is 0 Å². The van der Waals surface area contributed by atoms with Gasteiger partial charge in [0.2, 0.25) is 0 Å². The Labute approximate surface area is 95.3 Å². The van der Waals surface area contributed by atoms with Crippen molar-refractivity contribution in [1.29, 1.82) is 0 Å². The molecule has 0 aromatic rings. The number of morpholine rings is 1. The fraction of sp³-hybridized carbons (Fsp3) is 0.818. The maximum absolute atomic E-state index is 11.2. The number of nitrogens with zero attached hydrogens (tertiary/aromatic N) is 2. The Kier molecular flexibility index (Phi) is 3.25. The average Bonchev–Trinajstić information content (AvgIpc) is 2.15. The third-order valence-electron chi connectivity index (χ3n) is 3.42. The van der Waals surface area contributed by atoms with Crippen LogP contribution in [0.3, 0.4) is 0 Å². The van der Waals surface area contributed by atoms with E-state index in [1.807, 2.05) is 4.90 Å². The van der Waals surface area contributed by atoms with Crippen LogP contribution in [-0.2, 0) is 14.3 Å². The molecule has 0 saturated carbocycles. The Bertz CT molecular complexity index is 290. The fourth-order valence-corrected chi connectivity index (χ4v) is 2.70. The zero-order valence-electron chi connectivity index (χ0n) is 9.81. The van der Waals surface area contributed by atoms with E-state index in [0.717, 1.165) is 19.5 Å². The quantitative estimate of drug-likeness (QED) is 0.454. The van der Waals surface area contributed by atoms with Crippen molar-refractivity contribution >= 4 is 11.9 Å². The monoisotopic (exact) mass is 226 g/mol. The first-order valence-corrected chi connectivity index (χ1v) is 5.72. The van der Waals surface area contributed by atoms with E-state index in [9.17, 15) is 9.59 Å². The Morgan fingerprint density at radius 3 is 2.44 bits per heavy atom. The molecule has 0 N–H and O–H groups in total. The number of hydrogen-bond donors (Lipinski definition) is 0. The second kappa shape index (κ2) is 4.51. The number of hydrogen-bond acceptors (Lipinski definition) is 5. The summed E-state index contributed by atoms with van der Waals surface area (Å²) < 4.78 is 4.53. The van der Waals surface area contributed by atoms with Gasteiger partial charge in [-0.1, -0.05) is 6.92 Å². The predicted octanol–water partition coefficient (Wildman–Crippen LogP) is -0.288. The first-order valence-electron chi connectivity index (χ1n) is 5.72. The van der Waals surface area contributed by atoms with Crippen LogP contribution in [0.25, 0.3) is 0 Å². The molecule has 0 radical (unpaired) electrons. The third-order valence-corrected chi connectivity index (χ3v) is 3.42. The Hall–Kier alpha value is -0.940. The van der Waals surface area contributed by atoms with Crippen molar-refractivity contribution in [3.05, 3.63) is 0 Å². The third kappa shape index (κ3) is 2.41. The largest absolute Gasteiger partial charge is 0.391 e. The van der Waals surface area contributed by atoms with Gasteiger partial charge in [-0.2, -0.15) is 0 Å². The van der Waals surface area contributed by atoms with E-state index in [4.69, 9.17) is 0 Å². The van der Waals surface area contributed by atoms with E-state index in [0.29, 0.717) is 12.0 Å². The summed E-state index contributed by atoms with van der Waals surface area (Å²) in [4.78, 5) is 26.7. The molecule has 16 heavy (non-hydrogen) atoms. The summed E-state index contributed by atoms with van der Waals surface area (Å²) >= 11 is 0.